The first kappa shape index (κ1) is 12.1. The van der Waals surface area contributed by atoms with Crippen LogP contribution in [0.2, 0.25) is 0 Å². The molecule has 0 unspecified atom stereocenters. The molecule has 0 fully saturated rings. The second kappa shape index (κ2) is 5.82. The van der Waals surface area contributed by atoms with Gasteiger partial charge in [-0.05, 0) is 0 Å². The van der Waals surface area contributed by atoms with Gasteiger partial charge in [-0.2, -0.15) is 0 Å². The quantitative estimate of drug-likeness (QED) is 0.806. The van der Waals surface area contributed by atoms with E-state index in [-0.39, 0.29) is 5.97 Å². The Morgan fingerprint density at radius 2 is 2.12 bits per heavy atom. The average Bonchev–Trinajstić information content (AvgIpc) is 2.36. The van der Waals surface area contributed by atoms with Crippen LogP contribution in [0.15, 0.2) is 36.4 Å². The van der Waals surface area contributed by atoms with Crippen molar-refractivity contribution in [3.63, 3.8) is 0 Å². The maximum atomic E-state index is 11.3. The molecule has 3 nitrogen and oxygen atoms in total. The van der Waals surface area contributed by atoms with E-state index >= 15 is 0 Å². The van der Waals surface area contributed by atoms with E-state index in [1.165, 1.54) is 0 Å². The fraction of sp³-hybridized carbons (Fsp3) is 0.231. The third-order valence-corrected chi connectivity index (χ3v) is 4.04. The Hall–Kier alpha value is -1.36. The molecule has 0 aliphatic heterocycles. The predicted octanol–water partition coefficient (Wildman–Crippen LogP) is 1.82. The predicted molar refractivity (Wildman–Crippen MR) is 68.1 cm³/mol. The summed E-state index contributed by atoms with van der Waals surface area (Å²) in [6.07, 6.45) is 1.33. The van der Waals surface area contributed by atoms with Crippen molar-refractivity contribution in [3.8, 4) is 0 Å². The first-order valence-corrected chi connectivity index (χ1v) is 7.51. The number of hydrogen-bond acceptors (Lipinski definition) is 3. The Morgan fingerprint density at radius 1 is 1.29 bits per heavy atom. The number of aromatic nitrogens is 1. The number of benzene rings is 1. The van der Waals surface area contributed by atoms with E-state index in [0.29, 0.717) is 6.42 Å². The molecular formula is C13H13GeNO2. The van der Waals surface area contributed by atoms with Crippen molar-refractivity contribution in [3.05, 3.63) is 36.4 Å². The van der Waals surface area contributed by atoms with Crippen LogP contribution in [-0.2, 0) is 8.56 Å². The Labute approximate surface area is 107 Å². The average molecular weight is 288 g/mol. The van der Waals surface area contributed by atoms with Crippen LogP contribution in [0.25, 0.3) is 10.9 Å². The third kappa shape index (κ3) is 3.30. The van der Waals surface area contributed by atoms with E-state index in [0.717, 1.165) is 21.9 Å². The Bertz CT molecular complexity index is 528. The van der Waals surface area contributed by atoms with Gasteiger partial charge in [-0.15, -0.1) is 0 Å². The standard InChI is InChI=1S/C13H13GeNO2/c1-2-5-13(16)17-14-12-9-8-10-6-3-4-7-11(10)15-12/h3-4,6-9H,2,5H2,1H3. The number of nitrogens with zero attached hydrogens (tertiary/aromatic N) is 1. The molecule has 0 amide bonds. The van der Waals surface area contributed by atoms with E-state index in [1.54, 1.807) is 0 Å². The fourth-order valence-electron chi connectivity index (χ4n) is 1.49. The van der Waals surface area contributed by atoms with Crippen molar-refractivity contribution in [2.24, 2.45) is 0 Å². The molecule has 0 N–H and O–H groups in total. The SMILES string of the molecule is CCCC(=O)[O][Ge][c]1ccc2ccccc2n1. The first-order chi connectivity index (χ1) is 8.29. The third-order valence-electron chi connectivity index (χ3n) is 2.32. The van der Waals surface area contributed by atoms with Gasteiger partial charge in [0, 0.05) is 0 Å². The van der Waals surface area contributed by atoms with Crippen molar-refractivity contribution in [1.29, 1.82) is 0 Å². The molecule has 1 aromatic heterocycles. The summed E-state index contributed by atoms with van der Waals surface area (Å²) in [6, 6.07) is 11.9. The van der Waals surface area contributed by atoms with Crippen LogP contribution in [0.3, 0.4) is 0 Å². The minimum absolute atomic E-state index is 0.109. The molecule has 0 aliphatic carbocycles. The number of rotatable bonds is 4. The van der Waals surface area contributed by atoms with Crippen LogP contribution in [-0.4, -0.2) is 26.7 Å². The first-order valence-electron chi connectivity index (χ1n) is 5.61. The van der Waals surface area contributed by atoms with Crippen LogP contribution in [0.1, 0.15) is 19.8 Å². The van der Waals surface area contributed by atoms with Gasteiger partial charge in [-0.25, -0.2) is 0 Å². The summed E-state index contributed by atoms with van der Waals surface area (Å²) in [7, 11) is 0. The van der Waals surface area contributed by atoms with E-state index in [1.807, 2.05) is 43.3 Å². The monoisotopic (exact) mass is 289 g/mol. The normalized spacial score (nSPS) is 10.4. The molecule has 1 heterocycles. The van der Waals surface area contributed by atoms with Crippen LogP contribution in [0, 0.1) is 0 Å². The van der Waals surface area contributed by atoms with Crippen molar-refractivity contribution < 1.29 is 8.56 Å². The molecule has 2 aromatic rings. The van der Waals surface area contributed by atoms with Crippen molar-refractivity contribution in [2.75, 3.05) is 0 Å². The molecule has 0 atom stereocenters. The fourth-order valence-corrected chi connectivity index (χ4v) is 2.83. The van der Waals surface area contributed by atoms with Crippen molar-refractivity contribution in [1.82, 2.24) is 4.98 Å². The van der Waals surface area contributed by atoms with Crippen LogP contribution in [0.4, 0.5) is 0 Å². The topological polar surface area (TPSA) is 39.2 Å². The molecule has 2 radical (unpaired) electrons. The molecule has 0 spiro atoms. The zero-order chi connectivity index (χ0) is 12.1. The minimum atomic E-state index is -0.900. The van der Waals surface area contributed by atoms with Gasteiger partial charge in [0.1, 0.15) is 0 Å². The zero-order valence-electron chi connectivity index (χ0n) is 9.64. The van der Waals surface area contributed by atoms with Gasteiger partial charge in [0.2, 0.25) is 0 Å². The second-order valence-corrected chi connectivity index (χ2v) is 5.65. The number of carbonyl (C=O) groups is 1. The van der Waals surface area contributed by atoms with Gasteiger partial charge >= 0.3 is 107 Å². The van der Waals surface area contributed by atoms with E-state index in [2.05, 4.69) is 4.98 Å². The summed E-state index contributed by atoms with van der Waals surface area (Å²) in [5.41, 5.74) is 0.959. The summed E-state index contributed by atoms with van der Waals surface area (Å²) in [5, 5.41) is 1.11. The zero-order valence-corrected chi connectivity index (χ0v) is 11.7. The number of fused-ring (bicyclic) bond motifs is 1. The maximum absolute atomic E-state index is 11.3. The molecule has 0 bridgehead atoms. The molecular weight excluding hydrogens is 275 g/mol. The summed E-state index contributed by atoms with van der Waals surface area (Å²) in [5.74, 6) is -0.109. The second-order valence-electron chi connectivity index (χ2n) is 3.72. The molecule has 0 aliphatic rings. The van der Waals surface area contributed by atoms with Gasteiger partial charge in [0.25, 0.3) is 0 Å². The van der Waals surface area contributed by atoms with Crippen LogP contribution < -0.4 is 4.53 Å². The van der Waals surface area contributed by atoms with Crippen LogP contribution in [0.5, 0.6) is 0 Å². The number of pyridine rings is 1. The van der Waals surface area contributed by atoms with Gasteiger partial charge < -0.3 is 0 Å². The Balaban J connectivity index is 2.06. The summed E-state index contributed by atoms with van der Waals surface area (Å²) in [4.78, 5) is 15.7. The number of carbonyl (C=O) groups excluding carboxylic acids is 1. The Morgan fingerprint density at radius 3 is 2.94 bits per heavy atom. The summed E-state index contributed by atoms with van der Waals surface area (Å²) >= 11 is -0.900. The van der Waals surface area contributed by atoms with Gasteiger partial charge in [-0.1, -0.05) is 0 Å². The molecule has 1 aromatic carbocycles. The van der Waals surface area contributed by atoms with Gasteiger partial charge in [-0.3, -0.25) is 0 Å². The summed E-state index contributed by atoms with van der Waals surface area (Å²) < 4.78 is 6.15. The molecule has 86 valence electrons. The van der Waals surface area contributed by atoms with E-state index in [4.69, 9.17) is 3.76 Å². The molecule has 0 saturated heterocycles. The van der Waals surface area contributed by atoms with Crippen molar-refractivity contribution >= 4 is 37.2 Å². The van der Waals surface area contributed by atoms with Crippen LogP contribution >= 0.6 is 0 Å². The van der Waals surface area contributed by atoms with Gasteiger partial charge in [0.15, 0.2) is 0 Å². The van der Waals surface area contributed by atoms with E-state index in [9.17, 15) is 4.79 Å². The molecule has 0 saturated carbocycles. The number of hydrogen-bond donors (Lipinski definition) is 0. The Kier molecular flexibility index (Phi) is 4.14. The number of para-hydroxylation sites is 1. The molecule has 2 rings (SSSR count). The van der Waals surface area contributed by atoms with Gasteiger partial charge in [0.05, 0.1) is 0 Å². The van der Waals surface area contributed by atoms with Crippen molar-refractivity contribution in [2.45, 2.75) is 19.8 Å². The van der Waals surface area contributed by atoms with E-state index < -0.39 is 15.8 Å². The molecule has 17 heavy (non-hydrogen) atoms. The summed E-state index contributed by atoms with van der Waals surface area (Å²) in [6.45, 7) is 1.97. The molecule has 4 heteroatoms.